The summed E-state index contributed by atoms with van der Waals surface area (Å²) in [4.78, 5) is 30.5. The Morgan fingerprint density at radius 2 is 1.31 bits per heavy atom. The summed E-state index contributed by atoms with van der Waals surface area (Å²) in [5, 5.41) is 0. The van der Waals surface area contributed by atoms with Crippen molar-refractivity contribution in [3.05, 3.63) is 108 Å². The van der Waals surface area contributed by atoms with Crippen molar-refractivity contribution >= 4 is 12.0 Å². The Balaban J connectivity index is 1.64. The largest absolute Gasteiger partial charge is 0.443 e. The van der Waals surface area contributed by atoms with E-state index < -0.39 is 11.7 Å². The molecule has 3 aromatic carbocycles. The first-order valence-electron chi connectivity index (χ1n) is 12.7. The topological polar surface area (TPSA) is 49.9 Å². The lowest BCUT2D eigenvalue weighted by Crippen LogP contribution is -2.56. The molecule has 1 aliphatic heterocycles. The van der Waals surface area contributed by atoms with Crippen molar-refractivity contribution in [1.29, 1.82) is 0 Å². The zero-order valence-corrected chi connectivity index (χ0v) is 21.5. The second-order valence-corrected chi connectivity index (χ2v) is 10.6. The third kappa shape index (κ3) is 7.05. The number of imide groups is 1. The van der Waals surface area contributed by atoms with Gasteiger partial charge in [-0.05, 0) is 50.3 Å². The van der Waals surface area contributed by atoms with E-state index in [1.165, 1.54) is 16.0 Å². The van der Waals surface area contributed by atoms with Crippen LogP contribution in [0.15, 0.2) is 91.0 Å². The molecule has 1 aliphatic rings. The predicted molar refractivity (Wildman–Crippen MR) is 142 cm³/mol. The molecule has 0 aliphatic carbocycles. The van der Waals surface area contributed by atoms with Crippen LogP contribution in [0.2, 0.25) is 0 Å². The van der Waals surface area contributed by atoms with Crippen molar-refractivity contribution in [2.75, 3.05) is 6.54 Å². The second-order valence-electron chi connectivity index (χ2n) is 10.6. The molecule has 3 aromatic rings. The number of ether oxygens (including phenoxy) is 1. The molecule has 2 atom stereocenters. The molecular weight excluding hydrogens is 448 g/mol. The van der Waals surface area contributed by atoms with E-state index >= 15 is 0 Å². The molecule has 0 radical (unpaired) electrons. The minimum atomic E-state index is -0.674. The van der Waals surface area contributed by atoms with Gasteiger partial charge in [0, 0.05) is 31.6 Å². The first-order chi connectivity index (χ1) is 17.3. The van der Waals surface area contributed by atoms with Crippen LogP contribution in [0.25, 0.3) is 0 Å². The van der Waals surface area contributed by atoms with Crippen LogP contribution in [0.5, 0.6) is 0 Å². The standard InChI is InChI=1S/C31H36N2O3/c1-31(2,3)36-30(35)33-23-28(20-27(29(33)34)19-24-13-7-4-8-14-24)32(21-25-15-9-5-10-16-25)22-26-17-11-6-12-18-26/h4-18,27-28H,19-23H2,1-3H3/t27-,28-/m0/s1. The lowest BCUT2D eigenvalue weighted by atomic mass is 9.87. The van der Waals surface area contributed by atoms with Gasteiger partial charge in [-0.3, -0.25) is 9.69 Å². The number of piperidine rings is 1. The highest BCUT2D eigenvalue weighted by Gasteiger charge is 2.41. The van der Waals surface area contributed by atoms with Gasteiger partial charge in [-0.15, -0.1) is 0 Å². The monoisotopic (exact) mass is 484 g/mol. The van der Waals surface area contributed by atoms with Gasteiger partial charge in [0.05, 0.1) is 0 Å². The molecule has 0 unspecified atom stereocenters. The van der Waals surface area contributed by atoms with Crippen LogP contribution in [-0.4, -0.2) is 40.0 Å². The van der Waals surface area contributed by atoms with Gasteiger partial charge in [-0.2, -0.15) is 0 Å². The Labute approximate surface area is 214 Å². The van der Waals surface area contributed by atoms with Crippen molar-refractivity contribution in [1.82, 2.24) is 9.80 Å². The van der Waals surface area contributed by atoms with Crippen LogP contribution in [0.3, 0.4) is 0 Å². The number of hydrogen-bond donors (Lipinski definition) is 0. The Kier molecular flexibility index (Phi) is 8.21. The van der Waals surface area contributed by atoms with E-state index in [-0.39, 0.29) is 17.9 Å². The molecule has 2 amide bonds. The van der Waals surface area contributed by atoms with Crippen LogP contribution >= 0.6 is 0 Å². The van der Waals surface area contributed by atoms with Crippen LogP contribution in [0, 0.1) is 5.92 Å². The number of carbonyl (C=O) groups is 2. The highest BCUT2D eigenvalue weighted by molar-refractivity contribution is 5.94. The van der Waals surface area contributed by atoms with Gasteiger partial charge in [0.15, 0.2) is 0 Å². The average molecular weight is 485 g/mol. The van der Waals surface area contributed by atoms with Gasteiger partial charge < -0.3 is 4.74 Å². The zero-order valence-electron chi connectivity index (χ0n) is 21.5. The third-order valence-corrected chi connectivity index (χ3v) is 6.48. The van der Waals surface area contributed by atoms with E-state index in [9.17, 15) is 9.59 Å². The maximum Gasteiger partial charge on any atom is 0.417 e. The Hall–Kier alpha value is -3.44. The van der Waals surface area contributed by atoms with Gasteiger partial charge in [-0.1, -0.05) is 91.0 Å². The molecule has 1 saturated heterocycles. The van der Waals surface area contributed by atoms with Crippen LogP contribution in [0.4, 0.5) is 4.79 Å². The third-order valence-electron chi connectivity index (χ3n) is 6.48. The van der Waals surface area contributed by atoms with E-state index in [4.69, 9.17) is 4.74 Å². The van der Waals surface area contributed by atoms with Gasteiger partial charge >= 0.3 is 6.09 Å². The molecule has 36 heavy (non-hydrogen) atoms. The number of likely N-dealkylation sites (tertiary alicyclic amines) is 1. The van der Waals surface area contributed by atoms with Crippen LogP contribution in [0.1, 0.15) is 43.9 Å². The Morgan fingerprint density at radius 3 is 1.78 bits per heavy atom. The molecule has 0 aromatic heterocycles. The van der Waals surface area contributed by atoms with Gasteiger partial charge in [-0.25, -0.2) is 9.69 Å². The smallest absolute Gasteiger partial charge is 0.417 e. The van der Waals surface area contributed by atoms with E-state index in [2.05, 4.69) is 29.2 Å². The summed E-state index contributed by atoms with van der Waals surface area (Å²) in [6.45, 7) is 7.27. The minimum Gasteiger partial charge on any atom is -0.443 e. The van der Waals surface area contributed by atoms with Crippen molar-refractivity contribution in [3.8, 4) is 0 Å². The molecule has 1 heterocycles. The average Bonchev–Trinajstić information content (AvgIpc) is 2.86. The van der Waals surface area contributed by atoms with E-state index in [1.807, 2.05) is 87.5 Å². The quantitative estimate of drug-likeness (QED) is 0.408. The highest BCUT2D eigenvalue weighted by Crippen LogP contribution is 2.29. The fraction of sp³-hybridized carbons (Fsp3) is 0.355. The molecule has 0 spiro atoms. The summed E-state index contributed by atoms with van der Waals surface area (Å²) in [5.74, 6) is -0.448. The first-order valence-corrected chi connectivity index (χ1v) is 12.7. The van der Waals surface area contributed by atoms with Crippen molar-refractivity contribution in [3.63, 3.8) is 0 Å². The summed E-state index contributed by atoms with van der Waals surface area (Å²) in [6.07, 6.45) is 0.724. The first kappa shape index (κ1) is 25.6. The van der Waals surface area contributed by atoms with E-state index in [0.717, 1.165) is 18.7 Å². The molecule has 0 bridgehead atoms. The molecule has 1 fully saturated rings. The van der Waals surface area contributed by atoms with Gasteiger partial charge in [0.25, 0.3) is 0 Å². The van der Waals surface area contributed by atoms with Crippen LogP contribution < -0.4 is 0 Å². The second kappa shape index (κ2) is 11.5. The Morgan fingerprint density at radius 1 is 0.833 bits per heavy atom. The highest BCUT2D eigenvalue weighted by atomic mass is 16.6. The molecule has 188 valence electrons. The lowest BCUT2D eigenvalue weighted by Gasteiger charge is -2.42. The predicted octanol–water partition coefficient (Wildman–Crippen LogP) is 6.08. The number of carbonyl (C=O) groups excluding carboxylic acids is 2. The summed E-state index contributed by atoms with van der Waals surface area (Å²) >= 11 is 0. The maximum atomic E-state index is 13.5. The number of rotatable bonds is 7. The van der Waals surface area contributed by atoms with E-state index in [1.54, 1.807) is 0 Å². The van der Waals surface area contributed by atoms with Crippen molar-refractivity contribution < 1.29 is 14.3 Å². The molecule has 0 N–H and O–H groups in total. The van der Waals surface area contributed by atoms with Crippen LogP contribution in [-0.2, 0) is 29.0 Å². The van der Waals surface area contributed by atoms with Crippen molar-refractivity contribution in [2.45, 2.75) is 58.3 Å². The minimum absolute atomic E-state index is 0.00402. The number of amides is 2. The van der Waals surface area contributed by atoms with Gasteiger partial charge in [0.1, 0.15) is 5.60 Å². The van der Waals surface area contributed by atoms with E-state index in [0.29, 0.717) is 19.4 Å². The maximum absolute atomic E-state index is 13.5. The number of benzene rings is 3. The van der Waals surface area contributed by atoms with Gasteiger partial charge in [0.2, 0.25) is 5.91 Å². The summed E-state index contributed by atoms with van der Waals surface area (Å²) in [5.41, 5.74) is 2.83. The van der Waals surface area contributed by atoms with Crippen molar-refractivity contribution in [2.24, 2.45) is 5.92 Å². The fourth-order valence-electron chi connectivity index (χ4n) is 4.79. The summed E-state index contributed by atoms with van der Waals surface area (Å²) in [6, 6.07) is 30.8. The SMILES string of the molecule is CC(C)(C)OC(=O)N1C[C@@H](N(Cc2ccccc2)Cc2ccccc2)C[C@H](Cc2ccccc2)C1=O. The number of hydrogen-bond acceptors (Lipinski definition) is 4. The molecule has 0 saturated carbocycles. The summed E-state index contributed by atoms with van der Waals surface area (Å²) in [7, 11) is 0. The summed E-state index contributed by atoms with van der Waals surface area (Å²) < 4.78 is 5.66. The Bertz CT molecular complexity index is 1090. The molecule has 5 nitrogen and oxygen atoms in total. The molecule has 4 rings (SSSR count). The molecular formula is C31H36N2O3. The normalized spacial score (nSPS) is 18.3. The lowest BCUT2D eigenvalue weighted by molar-refractivity contribution is -0.140. The zero-order chi connectivity index (χ0) is 25.5. The molecule has 5 heteroatoms. The number of nitrogens with zero attached hydrogens (tertiary/aromatic N) is 2. The fourth-order valence-corrected chi connectivity index (χ4v) is 4.79.